The van der Waals surface area contributed by atoms with Gasteiger partial charge in [-0.05, 0) is 17.7 Å². The van der Waals surface area contributed by atoms with Gasteiger partial charge in [0.2, 0.25) is 5.91 Å². The molecule has 0 saturated carbocycles. The van der Waals surface area contributed by atoms with Crippen LogP contribution in [0.3, 0.4) is 0 Å². The Hall–Kier alpha value is -3.32. The van der Waals surface area contributed by atoms with Gasteiger partial charge < -0.3 is 10.6 Å². The number of thiophene rings is 1. The Morgan fingerprint density at radius 2 is 1.86 bits per heavy atom. The number of nitrogens with one attached hydrogen (secondary N) is 2. The van der Waals surface area contributed by atoms with Gasteiger partial charge in [-0.2, -0.15) is 0 Å². The molecule has 7 heteroatoms. The summed E-state index contributed by atoms with van der Waals surface area (Å²) in [6, 6.07) is 15.8. The van der Waals surface area contributed by atoms with Crippen molar-refractivity contribution in [3.8, 4) is 11.1 Å². The first kappa shape index (κ1) is 18.1. The lowest BCUT2D eigenvalue weighted by Gasteiger charge is -2.09. The summed E-state index contributed by atoms with van der Waals surface area (Å²) < 4.78 is 0. The zero-order chi connectivity index (χ0) is 19.2. The van der Waals surface area contributed by atoms with E-state index >= 15 is 0 Å². The van der Waals surface area contributed by atoms with Gasteiger partial charge in [-0.1, -0.05) is 36.4 Å². The summed E-state index contributed by atoms with van der Waals surface area (Å²) in [6.07, 6.45) is 3.62. The highest BCUT2D eigenvalue weighted by molar-refractivity contribution is 7.17. The van der Waals surface area contributed by atoms with Gasteiger partial charge in [-0.15, -0.1) is 11.3 Å². The lowest BCUT2D eigenvalue weighted by Crippen LogP contribution is -2.25. The molecule has 4 aromatic rings. The van der Waals surface area contributed by atoms with E-state index in [-0.39, 0.29) is 5.91 Å². The molecular formula is C21H19N5OS. The van der Waals surface area contributed by atoms with Crippen LogP contribution in [-0.2, 0) is 11.3 Å². The molecule has 0 fully saturated rings. The summed E-state index contributed by atoms with van der Waals surface area (Å²) in [4.78, 5) is 26.0. The molecule has 0 aliphatic heterocycles. The Morgan fingerprint density at radius 1 is 1.00 bits per heavy atom. The minimum Gasteiger partial charge on any atom is -0.369 e. The Morgan fingerprint density at radius 3 is 2.68 bits per heavy atom. The van der Waals surface area contributed by atoms with Crippen LogP contribution in [0.15, 0.2) is 66.4 Å². The van der Waals surface area contributed by atoms with E-state index in [1.807, 2.05) is 36.4 Å². The van der Waals surface area contributed by atoms with Crippen molar-refractivity contribution in [3.63, 3.8) is 0 Å². The summed E-state index contributed by atoms with van der Waals surface area (Å²) in [5.74, 6) is 0.722. The van der Waals surface area contributed by atoms with Crippen molar-refractivity contribution in [2.75, 3.05) is 11.9 Å². The highest BCUT2D eigenvalue weighted by Gasteiger charge is 2.13. The molecule has 0 aliphatic carbocycles. The van der Waals surface area contributed by atoms with Crippen LogP contribution in [0, 0.1) is 0 Å². The number of fused-ring (bicyclic) bond motifs is 1. The van der Waals surface area contributed by atoms with E-state index in [0.717, 1.165) is 32.9 Å². The molecule has 0 radical (unpaired) electrons. The number of amides is 1. The normalized spacial score (nSPS) is 10.7. The largest absolute Gasteiger partial charge is 0.369 e. The number of aromatic nitrogens is 3. The highest BCUT2D eigenvalue weighted by Crippen LogP contribution is 2.36. The van der Waals surface area contributed by atoms with E-state index in [1.54, 1.807) is 23.9 Å². The monoisotopic (exact) mass is 389 g/mol. The highest BCUT2D eigenvalue weighted by atomic mass is 32.1. The second kappa shape index (κ2) is 8.58. The van der Waals surface area contributed by atoms with Crippen molar-refractivity contribution in [1.82, 2.24) is 20.3 Å². The van der Waals surface area contributed by atoms with Crippen molar-refractivity contribution in [2.24, 2.45) is 0 Å². The van der Waals surface area contributed by atoms with E-state index in [4.69, 9.17) is 0 Å². The van der Waals surface area contributed by atoms with E-state index in [2.05, 4.69) is 43.1 Å². The zero-order valence-corrected chi connectivity index (χ0v) is 15.9. The van der Waals surface area contributed by atoms with Gasteiger partial charge in [0.15, 0.2) is 0 Å². The molecule has 2 N–H and O–H groups in total. The molecule has 0 aliphatic rings. The average Bonchev–Trinajstić information content (AvgIpc) is 3.19. The fourth-order valence-electron chi connectivity index (χ4n) is 2.91. The quantitative estimate of drug-likeness (QED) is 0.502. The summed E-state index contributed by atoms with van der Waals surface area (Å²) in [6.45, 7) is 0.921. The smallest absolute Gasteiger partial charge is 0.222 e. The molecule has 3 heterocycles. The molecule has 0 atom stereocenters. The first-order chi connectivity index (χ1) is 13.8. The summed E-state index contributed by atoms with van der Waals surface area (Å²) in [7, 11) is 0. The number of rotatable bonds is 7. The molecule has 6 nitrogen and oxygen atoms in total. The van der Waals surface area contributed by atoms with Crippen LogP contribution in [-0.4, -0.2) is 27.4 Å². The van der Waals surface area contributed by atoms with Crippen LogP contribution < -0.4 is 10.6 Å². The van der Waals surface area contributed by atoms with E-state index in [0.29, 0.717) is 19.5 Å². The summed E-state index contributed by atoms with van der Waals surface area (Å²) >= 11 is 1.59. The minimum absolute atomic E-state index is 0.0305. The molecule has 28 heavy (non-hydrogen) atoms. The number of nitrogens with zero attached hydrogens (tertiary/aromatic N) is 3. The molecule has 0 spiro atoms. The van der Waals surface area contributed by atoms with Gasteiger partial charge in [-0.3, -0.25) is 9.78 Å². The molecule has 0 unspecified atom stereocenters. The Labute approximate surface area is 166 Å². The minimum atomic E-state index is -0.0305. The summed E-state index contributed by atoms with van der Waals surface area (Å²) in [5.41, 5.74) is 3.06. The van der Waals surface area contributed by atoms with E-state index < -0.39 is 0 Å². The van der Waals surface area contributed by atoms with Gasteiger partial charge in [-0.25, -0.2) is 9.97 Å². The molecule has 4 rings (SSSR count). The van der Waals surface area contributed by atoms with Crippen LogP contribution >= 0.6 is 11.3 Å². The van der Waals surface area contributed by atoms with Crippen LogP contribution in [0.2, 0.25) is 0 Å². The van der Waals surface area contributed by atoms with Crippen LogP contribution in [0.5, 0.6) is 0 Å². The lowest BCUT2D eigenvalue weighted by molar-refractivity contribution is -0.121. The standard InChI is InChI=1S/C21H19N5OS/c27-18(24-12-16-8-4-5-10-22-16)9-11-23-20-19-17(15-6-2-1-3-7-15)13-28-21(19)26-14-25-20/h1-8,10,13-14H,9,11-12H2,(H,24,27)(H,23,25,26). The van der Waals surface area contributed by atoms with E-state index in [9.17, 15) is 4.79 Å². The second-order valence-electron chi connectivity index (χ2n) is 6.19. The first-order valence-corrected chi connectivity index (χ1v) is 9.87. The van der Waals surface area contributed by atoms with Crippen molar-refractivity contribution in [2.45, 2.75) is 13.0 Å². The fraction of sp³-hybridized carbons (Fsp3) is 0.143. The SMILES string of the molecule is O=C(CCNc1ncnc2scc(-c3ccccc3)c12)NCc1ccccn1. The first-order valence-electron chi connectivity index (χ1n) is 8.99. The maximum absolute atomic E-state index is 12.1. The second-order valence-corrected chi connectivity index (χ2v) is 7.05. The maximum Gasteiger partial charge on any atom is 0.222 e. The number of benzene rings is 1. The third-order valence-corrected chi connectivity index (χ3v) is 5.18. The van der Waals surface area contributed by atoms with Crippen molar-refractivity contribution in [1.29, 1.82) is 0 Å². The Kier molecular flexibility index (Phi) is 5.53. The predicted octanol–water partition coefficient (Wildman–Crippen LogP) is 3.87. The van der Waals surface area contributed by atoms with Gasteiger partial charge in [0.1, 0.15) is 17.0 Å². The van der Waals surface area contributed by atoms with Gasteiger partial charge in [0.25, 0.3) is 0 Å². The Bertz CT molecular complexity index is 1070. The summed E-state index contributed by atoms with van der Waals surface area (Å²) in [5, 5.41) is 9.26. The third-order valence-electron chi connectivity index (χ3n) is 4.29. The number of hydrogen-bond acceptors (Lipinski definition) is 6. The predicted molar refractivity (Wildman–Crippen MR) is 112 cm³/mol. The molecular weight excluding hydrogens is 370 g/mol. The molecule has 0 saturated heterocycles. The topological polar surface area (TPSA) is 79.8 Å². The number of anilines is 1. The number of pyridine rings is 1. The molecule has 140 valence electrons. The number of carbonyl (C=O) groups is 1. The molecule has 3 aromatic heterocycles. The van der Waals surface area contributed by atoms with Gasteiger partial charge in [0.05, 0.1) is 17.6 Å². The van der Waals surface area contributed by atoms with Crippen molar-refractivity contribution < 1.29 is 4.79 Å². The lowest BCUT2D eigenvalue weighted by atomic mass is 10.1. The zero-order valence-electron chi connectivity index (χ0n) is 15.1. The average molecular weight is 389 g/mol. The molecule has 1 aromatic carbocycles. The number of carbonyl (C=O) groups excluding carboxylic acids is 1. The molecule has 0 bridgehead atoms. The fourth-order valence-corrected chi connectivity index (χ4v) is 3.83. The maximum atomic E-state index is 12.1. The van der Waals surface area contributed by atoms with Crippen LogP contribution in [0.4, 0.5) is 5.82 Å². The number of hydrogen-bond donors (Lipinski definition) is 2. The van der Waals surface area contributed by atoms with Crippen molar-refractivity contribution in [3.05, 3.63) is 72.1 Å². The van der Waals surface area contributed by atoms with Gasteiger partial charge in [0, 0.05) is 30.1 Å². The van der Waals surface area contributed by atoms with Crippen molar-refractivity contribution >= 4 is 33.3 Å². The third kappa shape index (κ3) is 4.15. The van der Waals surface area contributed by atoms with Crippen LogP contribution in [0.1, 0.15) is 12.1 Å². The van der Waals surface area contributed by atoms with E-state index in [1.165, 1.54) is 0 Å². The Balaban J connectivity index is 1.41. The van der Waals surface area contributed by atoms with Gasteiger partial charge >= 0.3 is 0 Å². The van der Waals surface area contributed by atoms with Crippen LogP contribution in [0.25, 0.3) is 21.3 Å². The molecule has 1 amide bonds.